The lowest BCUT2D eigenvalue weighted by Gasteiger charge is -2.26. The zero-order valence-electron chi connectivity index (χ0n) is 9.83. The number of benzene rings is 1. The molecule has 1 aromatic carbocycles. The van der Waals surface area contributed by atoms with Gasteiger partial charge in [-0.25, -0.2) is 8.42 Å². The molecule has 0 aliphatic carbocycles. The monoisotopic (exact) mass is 269 g/mol. The number of ether oxygens (including phenoxy) is 1. The van der Waals surface area contributed by atoms with Gasteiger partial charge in [-0.2, -0.15) is 0 Å². The molecule has 0 aromatic heterocycles. The summed E-state index contributed by atoms with van der Waals surface area (Å²) in [5.74, 6) is -0.418. The minimum absolute atomic E-state index is 0.0201. The van der Waals surface area contributed by atoms with E-state index < -0.39 is 9.84 Å². The number of hydrogen-bond donors (Lipinski definition) is 1. The van der Waals surface area contributed by atoms with Crippen LogP contribution in [0.4, 0.5) is 0 Å². The van der Waals surface area contributed by atoms with Crippen molar-refractivity contribution in [3.63, 3.8) is 0 Å². The number of carbonyl (C=O) groups is 1. The molecular formula is C12H15NO4S. The highest BCUT2D eigenvalue weighted by molar-refractivity contribution is 7.91. The first kappa shape index (κ1) is 13.0. The smallest absolute Gasteiger partial charge is 0.221 e. The lowest BCUT2D eigenvalue weighted by atomic mass is 10.2. The highest BCUT2D eigenvalue weighted by atomic mass is 32.2. The molecule has 1 amide bonds. The van der Waals surface area contributed by atoms with Gasteiger partial charge in [0.25, 0.3) is 0 Å². The third kappa shape index (κ3) is 3.30. The van der Waals surface area contributed by atoms with E-state index in [2.05, 4.69) is 5.32 Å². The van der Waals surface area contributed by atoms with E-state index in [4.69, 9.17) is 4.74 Å². The Kier molecular flexibility index (Phi) is 3.98. The molecule has 18 heavy (non-hydrogen) atoms. The highest BCUT2D eigenvalue weighted by Gasteiger charge is 2.22. The predicted molar refractivity (Wildman–Crippen MR) is 65.9 cm³/mol. The molecule has 0 bridgehead atoms. The SMILES string of the molecule is O=C(CCS(=O)(=O)c1ccccc1)NC1COC1. The number of nitrogens with one attached hydrogen (secondary N) is 1. The Morgan fingerprint density at radius 3 is 2.50 bits per heavy atom. The molecule has 1 saturated heterocycles. The first-order chi connectivity index (χ1) is 8.58. The van der Waals surface area contributed by atoms with E-state index in [-0.39, 0.29) is 29.0 Å². The van der Waals surface area contributed by atoms with Gasteiger partial charge in [0.05, 0.1) is 29.9 Å². The van der Waals surface area contributed by atoms with Gasteiger partial charge in [-0.15, -0.1) is 0 Å². The van der Waals surface area contributed by atoms with Crippen LogP contribution in [0.2, 0.25) is 0 Å². The molecule has 5 nitrogen and oxygen atoms in total. The largest absolute Gasteiger partial charge is 0.377 e. The summed E-state index contributed by atoms with van der Waals surface area (Å²) in [4.78, 5) is 11.7. The quantitative estimate of drug-likeness (QED) is 0.838. The van der Waals surface area contributed by atoms with Crippen LogP contribution in [-0.2, 0) is 19.4 Å². The van der Waals surface area contributed by atoms with Crippen LogP contribution in [0.3, 0.4) is 0 Å². The molecule has 1 aliphatic heterocycles. The molecule has 0 saturated carbocycles. The minimum Gasteiger partial charge on any atom is -0.377 e. The fourth-order valence-electron chi connectivity index (χ4n) is 1.59. The molecule has 0 radical (unpaired) electrons. The molecule has 0 unspecified atom stereocenters. The summed E-state index contributed by atoms with van der Waals surface area (Å²) >= 11 is 0. The summed E-state index contributed by atoms with van der Waals surface area (Å²) in [6.07, 6.45) is -0.0201. The van der Waals surface area contributed by atoms with Gasteiger partial charge >= 0.3 is 0 Å². The van der Waals surface area contributed by atoms with E-state index in [9.17, 15) is 13.2 Å². The molecule has 1 N–H and O–H groups in total. The fourth-order valence-corrected chi connectivity index (χ4v) is 2.85. The van der Waals surface area contributed by atoms with Crippen molar-refractivity contribution in [1.82, 2.24) is 5.32 Å². The van der Waals surface area contributed by atoms with Gasteiger partial charge in [0.1, 0.15) is 0 Å². The number of amides is 1. The van der Waals surface area contributed by atoms with Gasteiger partial charge in [0, 0.05) is 6.42 Å². The molecule has 0 spiro atoms. The fraction of sp³-hybridized carbons (Fsp3) is 0.417. The van der Waals surface area contributed by atoms with Gasteiger partial charge < -0.3 is 10.1 Å². The van der Waals surface area contributed by atoms with Crippen LogP contribution in [0.5, 0.6) is 0 Å². The Labute approximate surface area is 106 Å². The Morgan fingerprint density at radius 1 is 1.28 bits per heavy atom. The Bertz CT molecular complexity index is 508. The number of sulfone groups is 1. The Hall–Kier alpha value is -1.40. The molecule has 98 valence electrons. The van der Waals surface area contributed by atoms with Crippen LogP contribution in [-0.4, -0.2) is 39.3 Å². The lowest BCUT2D eigenvalue weighted by molar-refractivity contribution is -0.124. The third-order valence-corrected chi connectivity index (χ3v) is 4.44. The molecular weight excluding hydrogens is 254 g/mol. The molecule has 0 atom stereocenters. The molecule has 2 rings (SSSR count). The molecule has 1 aromatic rings. The van der Waals surface area contributed by atoms with Gasteiger partial charge in [-0.1, -0.05) is 18.2 Å². The first-order valence-electron chi connectivity index (χ1n) is 5.73. The number of carbonyl (C=O) groups excluding carboxylic acids is 1. The van der Waals surface area contributed by atoms with E-state index in [1.165, 1.54) is 12.1 Å². The van der Waals surface area contributed by atoms with E-state index in [1.807, 2.05) is 0 Å². The molecule has 1 fully saturated rings. The van der Waals surface area contributed by atoms with Crippen molar-refractivity contribution in [2.24, 2.45) is 0 Å². The van der Waals surface area contributed by atoms with Gasteiger partial charge in [0.2, 0.25) is 5.91 Å². The summed E-state index contributed by atoms with van der Waals surface area (Å²) in [5, 5.41) is 2.71. The summed E-state index contributed by atoms with van der Waals surface area (Å²) in [7, 11) is -3.37. The van der Waals surface area contributed by atoms with E-state index in [0.29, 0.717) is 13.2 Å². The second-order valence-electron chi connectivity index (χ2n) is 4.18. The maximum Gasteiger partial charge on any atom is 0.221 e. The Morgan fingerprint density at radius 2 is 1.94 bits per heavy atom. The third-order valence-electron chi connectivity index (χ3n) is 2.70. The van der Waals surface area contributed by atoms with Crippen molar-refractivity contribution in [2.45, 2.75) is 17.4 Å². The van der Waals surface area contributed by atoms with E-state index in [1.54, 1.807) is 18.2 Å². The zero-order valence-corrected chi connectivity index (χ0v) is 10.7. The van der Waals surface area contributed by atoms with Crippen LogP contribution in [0.1, 0.15) is 6.42 Å². The molecule has 6 heteroatoms. The van der Waals surface area contributed by atoms with Crippen molar-refractivity contribution in [3.8, 4) is 0 Å². The second kappa shape index (κ2) is 5.49. The summed E-state index contributed by atoms with van der Waals surface area (Å²) in [6.45, 7) is 1.02. The first-order valence-corrected chi connectivity index (χ1v) is 7.38. The maximum atomic E-state index is 11.9. The predicted octanol–water partition coefficient (Wildman–Crippen LogP) is 0.365. The topological polar surface area (TPSA) is 72.5 Å². The van der Waals surface area contributed by atoms with Crippen molar-refractivity contribution in [2.75, 3.05) is 19.0 Å². The van der Waals surface area contributed by atoms with Crippen LogP contribution < -0.4 is 5.32 Å². The van der Waals surface area contributed by atoms with Gasteiger partial charge in [-0.3, -0.25) is 4.79 Å². The van der Waals surface area contributed by atoms with Crippen LogP contribution in [0.25, 0.3) is 0 Å². The summed E-state index contributed by atoms with van der Waals surface area (Å²) in [5.41, 5.74) is 0. The van der Waals surface area contributed by atoms with Crippen LogP contribution in [0, 0.1) is 0 Å². The van der Waals surface area contributed by atoms with Crippen molar-refractivity contribution in [3.05, 3.63) is 30.3 Å². The average Bonchev–Trinajstić information content (AvgIpc) is 2.33. The normalized spacial score (nSPS) is 16.0. The molecule has 1 aliphatic rings. The van der Waals surface area contributed by atoms with E-state index in [0.717, 1.165) is 0 Å². The standard InChI is InChI=1S/C12H15NO4S/c14-12(13-10-8-17-9-10)6-7-18(15,16)11-4-2-1-3-5-11/h1-5,10H,6-9H2,(H,13,14). The second-order valence-corrected chi connectivity index (χ2v) is 6.29. The highest BCUT2D eigenvalue weighted by Crippen LogP contribution is 2.11. The number of rotatable bonds is 5. The summed E-state index contributed by atoms with van der Waals surface area (Å²) < 4.78 is 28.7. The van der Waals surface area contributed by atoms with Crippen molar-refractivity contribution in [1.29, 1.82) is 0 Å². The van der Waals surface area contributed by atoms with Gasteiger partial charge in [-0.05, 0) is 12.1 Å². The maximum absolute atomic E-state index is 11.9. The lowest BCUT2D eigenvalue weighted by Crippen LogP contribution is -2.48. The number of hydrogen-bond acceptors (Lipinski definition) is 4. The van der Waals surface area contributed by atoms with Crippen molar-refractivity contribution < 1.29 is 17.9 Å². The van der Waals surface area contributed by atoms with E-state index >= 15 is 0 Å². The average molecular weight is 269 g/mol. The van der Waals surface area contributed by atoms with Crippen molar-refractivity contribution >= 4 is 15.7 Å². The van der Waals surface area contributed by atoms with Crippen LogP contribution in [0.15, 0.2) is 35.2 Å². The van der Waals surface area contributed by atoms with Gasteiger partial charge in [0.15, 0.2) is 9.84 Å². The zero-order chi connectivity index (χ0) is 13.0. The Balaban J connectivity index is 1.87. The molecule has 1 heterocycles. The minimum atomic E-state index is -3.37. The summed E-state index contributed by atoms with van der Waals surface area (Å²) in [6, 6.07) is 8.19. The van der Waals surface area contributed by atoms with Crippen LogP contribution >= 0.6 is 0 Å².